The highest BCUT2D eigenvalue weighted by Crippen LogP contribution is 2.33. The van der Waals surface area contributed by atoms with Crippen LogP contribution in [0.2, 0.25) is 0 Å². The Morgan fingerprint density at radius 1 is 0.298 bits per heavy atom. The van der Waals surface area contributed by atoms with Gasteiger partial charge in [-0.15, -0.1) is 0 Å². The third-order valence-electron chi connectivity index (χ3n) is 9.31. The van der Waals surface area contributed by atoms with Crippen molar-refractivity contribution in [3.63, 3.8) is 0 Å². The number of imidazole rings is 4. The van der Waals surface area contributed by atoms with Gasteiger partial charge >= 0.3 is 0 Å². The topological polar surface area (TPSA) is 61.8 Å². The molecule has 5 heterocycles. The summed E-state index contributed by atoms with van der Waals surface area (Å²) in [5.74, 6) is 2.43. The van der Waals surface area contributed by atoms with E-state index in [1.807, 2.05) is 24.3 Å². The molecule has 5 aromatic heterocycles. The van der Waals surface area contributed by atoms with Crippen LogP contribution in [0.1, 0.15) is 0 Å². The maximum absolute atomic E-state index is 5.27. The third kappa shape index (κ3) is 3.23. The molecule has 0 fully saturated rings. The highest BCUT2D eigenvalue weighted by atomic mass is 15.3. The molecule has 0 amide bonds. The summed E-state index contributed by atoms with van der Waals surface area (Å²) >= 11 is 0. The molecule has 0 bridgehead atoms. The van der Waals surface area contributed by atoms with E-state index >= 15 is 0 Å². The molecule has 0 spiro atoms. The van der Waals surface area contributed by atoms with Gasteiger partial charge in [0, 0.05) is 0 Å². The van der Waals surface area contributed by atoms with Crippen molar-refractivity contribution in [1.82, 2.24) is 37.3 Å². The number of rotatable bonds is 2. The van der Waals surface area contributed by atoms with Gasteiger partial charge in [0.05, 0.1) is 66.5 Å². The Labute approximate surface area is 266 Å². The van der Waals surface area contributed by atoms with Gasteiger partial charge in [-0.3, -0.25) is 17.8 Å². The monoisotopic (exact) mass is 604 g/mol. The maximum Gasteiger partial charge on any atom is 0.223 e. The van der Waals surface area contributed by atoms with E-state index in [0.717, 1.165) is 83.9 Å². The Morgan fingerprint density at radius 3 is 1.30 bits per heavy atom. The van der Waals surface area contributed by atoms with Crippen LogP contribution >= 0.6 is 0 Å². The summed E-state index contributed by atoms with van der Waals surface area (Å²) < 4.78 is 11.2. The van der Waals surface area contributed by atoms with Crippen molar-refractivity contribution in [2.24, 2.45) is 0 Å². The smallest absolute Gasteiger partial charge is 0.223 e. The molecule has 11 rings (SSSR count). The molecular formula is C39H24N8. The number of hydrogen-bond acceptors (Lipinski definition) is 3. The lowest BCUT2D eigenvalue weighted by atomic mass is 10.2. The summed E-state index contributed by atoms with van der Waals surface area (Å²) in [6, 6.07) is 50.5. The number of fused-ring (bicyclic) bond motifs is 14. The zero-order chi connectivity index (χ0) is 30.6. The average Bonchev–Trinajstić information content (AvgIpc) is 3.86. The first-order valence-corrected chi connectivity index (χ1v) is 15.7. The average molecular weight is 605 g/mol. The van der Waals surface area contributed by atoms with E-state index in [1.54, 1.807) is 0 Å². The fourth-order valence-electron chi connectivity index (χ4n) is 7.32. The molecule has 8 nitrogen and oxygen atoms in total. The van der Waals surface area contributed by atoms with Gasteiger partial charge in [0.25, 0.3) is 0 Å². The Kier molecular flexibility index (Phi) is 4.69. The minimum atomic E-state index is 0.777. The van der Waals surface area contributed by atoms with E-state index in [-0.39, 0.29) is 0 Å². The van der Waals surface area contributed by atoms with Gasteiger partial charge < -0.3 is 0 Å². The van der Waals surface area contributed by atoms with Gasteiger partial charge in [0.1, 0.15) is 0 Å². The van der Waals surface area contributed by atoms with Crippen LogP contribution in [0, 0.1) is 0 Å². The van der Waals surface area contributed by atoms with Gasteiger partial charge in [-0.05, 0) is 78.9 Å². The van der Waals surface area contributed by atoms with Gasteiger partial charge in [0.15, 0.2) is 0 Å². The molecule has 0 unspecified atom stereocenters. The van der Waals surface area contributed by atoms with E-state index in [4.69, 9.17) is 15.0 Å². The molecular weight excluding hydrogens is 580 g/mol. The lowest BCUT2D eigenvalue weighted by Crippen LogP contribution is -2.01. The largest absolute Gasteiger partial charge is 0.278 e. The van der Waals surface area contributed by atoms with Crippen molar-refractivity contribution in [2.75, 3.05) is 0 Å². The van der Waals surface area contributed by atoms with E-state index in [0.29, 0.717) is 0 Å². The Hall–Kier alpha value is -6.67. The summed E-state index contributed by atoms with van der Waals surface area (Å²) in [4.78, 5) is 15.7. The molecule has 6 aromatic carbocycles. The van der Waals surface area contributed by atoms with E-state index in [9.17, 15) is 0 Å². The molecule has 0 saturated heterocycles. The first-order chi connectivity index (χ1) is 23.3. The number of aromatic nitrogens is 8. The first-order valence-electron chi connectivity index (χ1n) is 15.7. The number of hydrogen-bond donors (Lipinski definition) is 0. The fraction of sp³-hybridized carbons (Fsp3) is 0. The summed E-state index contributed by atoms with van der Waals surface area (Å²) in [6.07, 6.45) is 0. The Balaban J connectivity index is 1.39. The second kappa shape index (κ2) is 8.95. The molecule has 0 saturated carbocycles. The van der Waals surface area contributed by atoms with Crippen LogP contribution < -0.4 is 0 Å². The van der Waals surface area contributed by atoms with Crippen LogP contribution in [0.3, 0.4) is 0 Å². The van der Waals surface area contributed by atoms with Crippen molar-refractivity contribution in [3.8, 4) is 11.4 Å². The fourth-order valence-corrected chi connectivity index (χ4v) is 7.32. The molecule has 0 aliphatic heterocycles. The lowest BCUT2D eigenvalue weighted by molar-refractivity contribution is 1.03. The van der Waals surface area contributed by atoms with E-state index in [2.05, 4.69) is 144 Å². The van der Waals surface area contributed by atoms with Crippen molar-refractivity contribution in [2.45, 2.75) is 0 Å². The van der Waals surface area contributed by atoms with Crippen LogP contribution in [0.15, 0.2) is 146 Å². The van der Waals surface area contributed by atoms with Crippen LogP contribution in [-0.4, -0.2) is 37.3 Å². The zero-order valence-corrected chi connectivity index (χ0v) is 24.9. The van der Waals surface area contributed by atoms with Crippen LogP contribution in [0.4, 0.5) is 0 Å². The normalized spacial score (nSPS) is 12.3. The summed E-state index contributed by atoms with van der Waals surface area (Å²) in [6.45, 7) is 0. The molecule has 0 atom stereocenters. The van der Waals surface area contributed by atoms with Crippen LogP contribution in [0.25, 0.3) is 83.9 Å². The van der Waals surface area contributed by atoms with Crippen LogP contribution in [-0.2, 0) is 0 Å². The minimum absolute atomic E-state index is 0.777. The predicted molar refractivity (Wildman–Crippen MR) is 188 cm³/mol. The zero-order valence-electron chi connectivity index (χ0n) is 24.9. The number of benzene rings is 6. The molecule has 47 heavy (non-hydrogen) atoms. The van der Waals surface area contributed by atoms with Gasteiger partial charge in [0.2, 0.25) is 17.3 Å². The Bertz CT molecular complexity index is 3080. The van der Waals surface area contributed by atoms with Crippen molar-refractivity contribution < 1.29 is 0 Å². The molecule has 0 radical (unpaired) electrons. The maximum atomic E-state index is 5.27. The predicted octanol–water partition coefficient (Wildman–Crippen LogP) is 8.54. The second-order valence-electron chi connectivity index (χ2n) is 11.9. The van der Waals surface area contributed by atoms with Gasteiger partial charge in [-0.2, -0.15) is 0 Å². The highest BCUT2D eigenvalue weighted by Gasteiger charge is 2.21. The molecule has 220 valence electrons. The molecule has 0 aliphatic rings. The number of para-hydroxylation sites is 9. The highest BCUT2D eigenvalue weighted by molar-refractivity contribution is 5.96. The number of nitrogens with zero attached hydrogens (tertiary/aromatic N) is 8. The molecule has 8 heteroatoms. The third-order valence-corrected chi connectivity index (χ3v) is 9.31. The molecule has 0 N–H and O–H groups in total. The minimum Gasteiger partial charge on any atom is -0.278 e. The van der Waals surface area contributed by atoms with Gasteiger partial charge in [-0.25, -0.2) is 19.5 Å². The van der Waals surface area contributed by atoms with E-state index < -0.39 is 0 Å². The summed E-state index contributed by atoms with van der Waals surface area (Å²) in [7, 11) is 0. The SMILES string of the molecule is c1ccc(-n2c3nc4ccccc4n3c3ccc(-n4c5ccccc5n5c6ccccc6nc45)cc3n3c4ccccc4nc23)cc1. The summed E-state index contributed by atoms with van der Waals surface area (Å²) in [5, 5.41) is 0. The quantitative estimate of drug-likeness (QED) is 0.199. The van der Waals surface area contributed by atoms with Crippen LogP contribution in [0.5, 0.6) is 0 Å². The summed E-state index contributed by atoms with van der Waals surface area (Å²) in [5.41, 5.74) is 12.1. The first kappa shape index (κ1) is 24.6. The Morgan fingerprint density at radius 2 is 0.723 bits per heavy atom. The standard InChI is InChI=1S/C39H24N8/c1-2-12-25(13-3-1)44-38-41-28-15-5-8-18-31(28)46(38)35-23-22-26(24-36(35)47-32-19-9-6-16-29(32)42-39(44)47)43-33-20-10-11-21-34(33)45-30-17-7-4-14-27(30)40-37(43)45/h1-24H. The van der Waals surface area contributed by atoms with Gasteiger partial charge in [-0.1, -0.05) is 66.7 Å². The lowest BCUT2D eigenvalue weighted by Gasteiger charge is -2.08. The van der Waals surface area contributed by atoms with Crippen molar-refractivity contribution in [1.29, 1.82) is 0 Å². The van der Waals surface area contributed by atoms with Crippen molar-refractivity contribution in [3.05, 3.63) is 146 Å². The second-order valence-corrected chi connectivity index (χ2v) is 11.9. The van der Waals surface area contributed by atoms with Crippen molar-refractivity contribution >= 4 is 72.5 Å². The van der Waals surface area contributed by atoms with E-state index in [1.165, 1.54) is 0 Å². The molecule has 11 aromatic rings. The molecule has 0 aliphatic carbocycles.